The normalized spacial score (nSPS) is 18.9. The van der Waals surface area contributed by atoms with Crippen molar-refractivity contribution in [3.8, 4) is 11.9 Å². The number of benzene rings is 2. The molecule has 2 aromatic carbocycles. The van der Waals surface area contributed by atoms with Gasteiger partial charge in [-0.3, -0.25) is 0 Å². The Bertz CT molecular complexity index is 1100. The zero-order valence-corrected chi connectivity index (χ0v) is 18.6. The molecule has 0 amide bonds. The van der Waals surface area contributed by atoms with Crippen molar-refractivity contribution < 1.29 is 9.47 Å². The molecule has 1 atom stereocenters. The second-order valence-electron chi connectivity index (χ2n) is 8.65. The fraction of sp³-hybridized carbons (Fsp3) is 0.440. The number of hydrogen-bond acceptors (Lipinski definition) is 6. The third kappa shape index (κ3) is 3.81. The van der Waals surface area contributed by atoms with Crippen LogP contribution in [0.15, 0.2) is 36.4 Å². The number of anilines is 1. The fourth-order valence-corrected chi connectivity index (χ4v) is 4.94. The Morgan fingerprint density at radius 3 is 2.71 bits per heavy atom. The van der Waals surface area contributed by atoms with Gasteiger partial charge < -0.3 is 19.3 Å². The molecular formula is C25H30N4O2. The van der Waals surface area contributed by atoms with Crippen molar-refractivity contribution in [3.63, 3.8) is 0 Å². The third-order valence-electron chi connectivity index (χ3n) is 6.71. The van der Waals surface area contributed by atoms with Gasteiger partial charge in [-0.25, -0.2) is 0 Å². The number of nitrogens with zero attached hydrogens (tertiary/aromatic N) is 4. The van der Waals surface area contributed by atoms with Crippen LogP contribution >= 0.6 is 0 Å². The molecule has 5 rings (SSSR count). The lowest BCUT2D eigenvalue weighted by molar-refractivity contribution is 0.185. The summed E-state index contributed by atoms with van der Waals surface area (Å²) < 4.78 is 11.7. The highest BCUT2D eigenvalue weighted by Gasteiger charge is 2.26. The molecule has 2 aliphatic heterocycles. The Morgan fingerprint density at radius 1 is 1.10 bits per heavy atom. The van der Waals surface area contributed by atoms with Crippen LogP contribution in [0.25, 0.3) is 10.8 Å². The molecule has 6 nitrogen and oxygen atoms in total. The summed E-state index contributed by atoms with van der Waals surface area (Å²) in [6.07, 6.45) is 3.23. The molecule has 0 spiro atoms. The maximum Gasteiger partial charge on any atom is 0.320 e. The second-order valence-corrected chi connectivity index (χ2v) is 8.65. The van der Waals surface area contributed by atoms with Crippen LogP contribution in [0, 0.1) is 6.92 Å². The van der Waals surface area contributed by atoms with Crippen LogP contribution in [0.4, 0.5) is 5.69 Å². The lowest BCUT2D eigenvalue weighted by Gasteiger charge is -2.32. The number of aryl methyl sites for hydroxylation is 1. The first-order chi connectivity index (χ1) is 15.1. The van der Waals surface area contributed by atoms with Gasteiger partial charge in [0.15, 0.2) is 0 Å². The lowest BCUT2D eigenvalue weighted by atomic mass is 10.0. The monoisotopic (exact) mass is 418 g/mol. The van der Waals surface area contributed by atoms with Gasteiger partial charge in [0, 0.05) is 29.2 Å². The van der Waals surface area contributed by atoms with Crippen molar-refractivity contribution in [1.82, 2.24) is 14.9 Å². The van der Waals surface area contributed by atoms with Crippen LogP contribution in [-0.4, -0.2) is 54.8 Å². The maximum absolute atomic E-state index is 6.04. The first-order valence-electron chi connectivity index (χ1n) is 11.1. The summed E-state index contributed by atoms with van der Waals surface area (Å²) in [7, 11) is 3.83. The van der Waals surface area contributed by atoms with Crippen LogP contribution < -0.4 is 14.4 Å². The van der Waals surface area contributed by atoms with Crippen LogP contribution in [0.5, 0.6) is 11.9 Å². The summed E-state index contributed by atoms with van der Waals surface area (Å²) in [5, 5.41) is 2.59. The van der Waals surface area contributed by atoms with E-state index in [1.54, 1.807) is 7.11 Å². The Kier molecular flexibility index (Phi) is 5.40. The fourth-order valence-electron chi connectivity index (χ4n) is 4.94. The molecule has 1 saturated heterocycles. The van der Waals surface area contributed by atoms with Crippen molar-refractivity contribution in [2.75, 3.05) is 38.8 Å². The number of fused-ring (bicyclic) bond motifs is 2. The molecule has 0 bridgehead atoms. The second kappa shape index (κ2) is 8.35. The third-order valence-corrected chi connectivity index (χ3v) is 6.71. The smallest absolute Gasteiger partial charge is 0.320 e. The Morgan fingerprint density at radius 2 is 1.94 bits per heavy atom. The molecule has 0 radical (unpaired) electrons. The van der Waals surface area contributed by atoms with E-state index in [0.29, 0.717) is 24.5 Å². The largest absolute Gasteiger partial charge is 0.481 e. The Hall–Kier alpha value is -2.86. The molecule has 3 aromatic rings. The first-order valence-corrected chi connectivity index (χ1v) is 11.1. The number of aromatic nitrogens is 2. The molecule has 0 aliphatic carbocycles. The van der Waals surface area contributed by atoms with Crippen molar-refractivity contribution in [1.29, 1.82) is 0 Å². The van der Waals surface area contributed by atoms with E-state index in [4.69, 9.17) is 14.5 Å². The molecule has 6 heteroatoms. The summed E-state index contributed by atoms with van der Waals surface area (Å²) in [6.45, 7) is 5.56. The number of ether oxygens (including phenoxy) is 2. The van der Waals surface area contributed by atoms with Gasteiger partial charge in [0.25, 0.3) is 0 Å². The van der Waals surface area contributed by atoms with Crippen LogP contribution in [0.1, 0.15) is 29.7 Å². The highest BCUT2D eigenvalue weighted by atomic mass is 16.5. The molecule has 2 aliphatic rings. The molecule has 1 unspecified atom stereocenters. The molecule has 1 aromatic heterocycles. The number of rotatable bonds is 5. The SMILES string of the molecule is COc1nc(OCC2CCCN2C)nc2c1CCN(c1cccc3cccc(C)c13)C2. The summed E-state index contributed by atoms with van der Waals surface area (Å²) in [5.41, 5.74) is 4.65. The topological polar surface area (TPSA) is 50.7 Å². The average Bonchev–Trinajstić information content (AvgIpc) is 3.21. The van der Waals surface area contributed by atoms with Crippen LogP contribution in [-0.2, 0) is 13.0 Å². The van der Waals surface area contributed by atoms with Crippen molar-refractivity contribution >= 4 is 16.5 Å². The van der Waals surface area contributed by atoms with Gasteiger partial charge in [0.2, 0.25) is 5.88 Å². The number of methoxy groups -OCH3 is 1. The maximum atomic E-state index is 6.04. The quantitative estimate of drug-likeness (QED) is 0.625. The van der Waals surface area contributed by atoms with E-state index in [0.717, 1.165) is 43.7 Å². The molecule has 3 heterocycles. The van der Waals surface area contributed by atoms with E-state index in [-0.39, 0.29) is 0 Å². The minimum atomic E-state index is 0.423. The molecule has 1 fully saturated rings. The van der Waals surface area contributed by atoms with Gasteiger partial charge in [-0.15, -0.1) is 0 Å². The van der Waals surface area contributed by atoms with Gasteiger partial charge in [0.1, 0.15) is 6.61 Å². The highest BCUT2D eigenvalue weighted by Crippen LogP contribution is 2.34. The predicted octanol–water partition coefficient (Wildman–Crippen LogP) is 3.98. The zero-order valence-electron chi connectivity index (χ0n) is 18.6. The summed E-state index contributed by atoms with van der Waals surface area (Å²) >= 11 is 0. The van der Waals surface area contributed by atoms with E-state index >= 15 is 0 Å². The predicted molar refractivity (Wildman–Crippen MR) is 123 cm³/mol. The van der Waals surface area contributed by atoms with E-state index < -0.39 is 0 Å². The lowest BCUT2D eigenvalue weighted by Crippen LogP contribution is -2.33. The van der Waals surface area contributed by atoms with Crippen LogP contribution in [0.3, 0.4) is 0 Å². The molecule has 31 heavy (non-hydrogen) atoms. The number of hydrogen-bond donors (Lipinski definition) is 0. The van der Waals surface area contributed by atoms with Gasteiger partial charge >= 0.3 is 6.01 Å². The number of likely N-dealkylation sites (tertiary alicyclic amines) is 1. The van der Waals surface area contributed by atoms with E-state index in [1.165, 1.54) is 28.4 Å². The van der Waals surface area contributed by atoms with Gasteiger partial charge in [-0.2, -0.15) is 9.97 Å². The van der Waals surface area contributed by atoms with E-state index in [9.17, 15) is 0 Å². The zero-order chi connectivity index (χ0) is 21.4. The summed E-state index contributed by atoms with van der Waals surface area (Å²) in [5.74, 6) is 0.647. The molecule has 0 saturated carbocycles. The molecular weight excluding hydrogens is 388 g/mol. The van der Waals surface area contributed by atoms with Gasteiger partial charge in [-0.1, -0.05) is 30.3 Å². The first kappa shape index (κ1) is 20.1. The van der Waals surface area contributed by atoms with Gasteiger partial charge in [-0.05, 0) is 56.8 Å². The molecule has 0 N–H and O–H groups in total. The Labute approximate surface area is 183 Å². The number of likely N-dealkylation sites (N-methyl/N-ethyl adjacent to an activating group) is 1. The van der Waals surface area contributed by atoms with Crippen LogP contribution in [0.2, 0.25) is 0 Å². The summed E-state index contributed by atoms with van der Waals surface area (Å²) in [4.78, 5) is 14.1. The standard InChI is InChI=1S/C25H30N4O2/c1-17-7-4-8-18-9-5-11-22(23(17)18)29-14-12-20-21(15-29)26-25(27-24(20)30-3)31-16-19-10-6-13-28(19)2/h4-5,7-9,11,19H,6,10,12-16H2,1-3H3. The van der Waals surface area contributed by atoms with E-state index in [1.807, 2.05) is 0 Å². The molecule has 162 valence electrons. The minimum Gasteiger partial charge on any atom is -0.481 e. The van der Waals surface area contributed by atoms with E-state index in [2.05, 4.69) is 65.2 Å². The van der Waals surface area contributed by atoms with Crippen molar-refractivity contribution in [2.45, 2.75) is 38.8 Å². The highest BCUT2D eigenvalue weighted by molar-refractivity contribution is 5.96. The average molecular weight is 419 g/mol. The van der Waals surface area contributed by atoms with Crippen molar-refractivity contribution in [2.24, 2.45) is 0 Å². The van der Waals surface area contributed by atoms with Gasteiger partial charge in [0.05, 0.1) is 19.3 Å². The van der Waals surface area contributed by atoms with Crippen molar-refractivity contribution in [3.05, 3.63) is 53.2 Å². The minimum absolute atomic E-state index is 0.423. The Balaban J connectivity index is 1.44. The summed E-state index contributed by atoms with van der Waals surface area (Å²) in [6, 6.07) is 13.9.